The molecule has 2 heterocycles. The van der Waals surface area contributed by atoms with Crippen LogP contribution in [0.5, 0.6) is 5.75 Å². The van der Waals surface area contributed by atoms with Crippen molar-refractivity contribution in [3.05, 3.63) is 77.5 Å². The Labute approximate surface area is 206 Å². The summed E-state index contributed by atoms with van der Waals surface area (Å²) in [6, 6.07) is 21.8. The van der Waals surface area contributed by atoms with Gasteiger partial charge in [-0.2, -0.15) is 5.26 Å². The number of pyridine rings is 1. The third kappa shape index (κ3) is 6.37. The van der Waals surface area contributed by atoms with E-state index in [1.54, 1.807) is 6.92 Å². The van der Waals surface area contributed by atoms with E-state index in [1.807, 2.05) is 55.5 Å². The number of benzene rings is 2. The Bertz CT molecular complexity index is 1200. The minimum Gasteiger partial charge on any atom is -0.482 e. The fraction of sp³-hybridized carbons (Fsp3) is 0.321. The van der Waals surface area contributed by atoms with E-state index >= 15 is 0 Å². The van der Waals surface area contributed by atoms with Crippen LogP contribution < -0.4 is 9.64 Å². The Balaban J connectivity index is 1.51. The summed E-state index contributed by atoms with van der Waals surface area (Å²) in [7, 11) is 0. The standard InChI is InChI=1S/C28H30N4O3/c1-3-34-28(33)20-35-25-11-12-26(23-9-7-22(18-29)8-10-23)24(17-25)19-31-13-15-32(16-14-31)27-6-4-5-21(2)30-27/h4-12,17H,3,13-16,19-20H2,1-2H3. The zero-order chi connectivity index (χ0) is 24.6. The van der Waals surface area contributed by atoms with Crippen molar-refractivity contribution in [3.8, 4) is 22.9 Å². The van der Waals surface area contributed by atoms with Gasteiger partial charge in [0.05, 0.1) is 18.2 Å². The second-order valence-electron chi connectivity index (χ2n) is 8.50. The largest absolute Gasteiger partial charge is 0.482 e. The monoisotopic (exact) mass is 470 g/mol. The molecule has 3 aromatic rings. The van der Waals surface area contributed by atoms with Gasteiger partial charge in [-0.15, -0.1) is 0 Å². The van der Waals surface area contributed by atoms with E-state index in [9.17, 15) is 4.79 Å². The van der Waals surface area contributed by atoms with Crippen LogP contribution in [0.2, 0.25) is 0 Å². The van der Waals surface area contributed by atoms with Gasteiger partial charge in [-0.3, -0.25) is 4.90 Å². The van der Waals surface area contributed by atoms with Crippen LogP contribution in [0.25, 0.3) is 11.1 Å². The van der Waals surface area contributed by atoms with E-state index in [0.717, 1.165) is 60.9 Å². The molecule has 1 aliphatic heterocycles. The van der Waals surface area contributed by atoms with Crippen molar-refractivity contribution in [2.75, 3.05) is 44.3 Å². The highest BCUT2D eigenvalue weighted by Crippen LogP contribution is 2.29. The van der Waals surface area contributed by atoms with Crippen molar-refractivity contribution >= 4 is 11.8 Å². The summed E-state index contributed by atoms with van der Waals surface area (Å²) in [5.41, 5.74) is 4.89. The fourth-order valence-electron chi connectivity index (χ4n) is 4.22. The summed E-state index contributed by atoms with van der Waals surface area (Å²) in [5.74, 6) is 1.27. The van der Waals surface area contributed by atoms with Crippen molar-refractivity contribution in [2.45, 2.75) is 20.4 Å². The van der Waals surface area contributed by atoms with E-state index < -0.39 is 0 Å². The molecule has 0 aliphatic carbocycles. The zero-order valence-corrected chi connectivity index (χ0v) is 20.2. The lowest BCUT2D eigenvalue weighted by atomic mass is 9.98. The minimum absolute atomic E-state index is 0.119. The average Bonchev–Trinajstić information content (AvgIpc) is 2.88. The highest BCUT2D eigenvalue weighted by molar-refractivity contribution is 5.72. The van der Waals surface area contributed by atoms with Gasteiger partial charge in [0.25, 0.3) is 0 Å². The normalized spacial score (nSPS) is 13.8. The molecule has 0 saturated carbocycles. The number of aromatic nitrogens is 1. The molecule has 0 unspecified atom stereocenters. The number of nitrogens with zero attached hydrogens (tertiary/aromatic N) is 4. The SMILES string of the molecule is CCOC(=O)COc1ccc(-c2ccc(C#N)cc2)c(CN2CCN(c3cccc(C)n3)CC2)c1. The summed E-state index contributed by atoms with van der Waals surface area (Å²) in [4.78, 5) is 21.2. The number of rotatable bonds is 8. The molecule has 1 aliphatic rings. The minimum atomic E-state index is -0.383. The molecule has 180 valence electrons. The molecule has 1 aromatic heterocycles. The number of esters is 1. The maximum Gasteiger partial charge on any atom is 0.344 e. The lowest BCUT2D eigenvalue weighted by Crippen LogP contribution is -2.46. The quantitative estimate of drug-likeness (QED) is 0.457. The molecule has 0 radical (unpaired) electrons. The van der Waals surface area contributed by atoms with Gasteiger partial charge in [0.1, 0.15) is 11.6 Å². The number of ether oxygens (including phenoxy) is 2. The van der Waals surface area contributed by atoms with E-state index in [1.165, 1.54) is 0 Å². The topological polar surface area (TPSA) is 78.7 Å². The molecule has 0 bridgehead atoms. The van der Waals surface area contributed by atoms with Gasteiger partial charge in [0, 0.05) is 38.4 Å². The molecule has 1 saturated heterocycles. The van der Waals surface area contributed by atoms with E-state index in [2.05, 4.69) is 33.0 Å². The predicted molar refractivity (Wildman–Crippen MR) is 135 cm³/mol. The molecular formula is C28H30N4O3. The van der Waals surface area contributed by atoms with Crippen LogP contribution in [0, 0.1) is 18.3 Å². The van der Waals surface area contributed by atoms with Crippen molar-refractivity contribution < 1.29 is 14.3 Å². The Morgan fingerprint density at radius 1 is 1.06 bits per heavy atom. The molecular weight excluding hydrogens is 440 g/mol. The van der Waals surface area contributed by atoms with Gasteiger partial charge in [-0.1, -0.05) is 24.3 Å². The van der Waals surface area contributed by atoms with Crippen molar-refractivity contribution in [2.24, 2.45) is 0 Å². The third-order valence-corrected chi connectivity index (χ3v) is 6.03. The number of aryl methyl sites for hydroxylation is 1. The van der Waals surface area contributed by atoms with Gasteiger partial charge < -0.3 is 14.4 Å². The highest BCUT2D eigenvalue weighted by Gasteiger charge is 2.20. The van der Waals surface area contributed by atoms with E-state index in [0.29, 0.717) is 17.9 Å². The van der Waals surface area contributed by atoms with Gasteiger partial charge in [-0.05, 0) is 66.9 Å². The number of piperazine rings is 1. The first-order chi connectivity index (χ1) is 17.1. The molecule has 2 aromatic carbocycles. The first-order valence-electron chi connectivity index (χ1n) is 11.9. The Hall–Kier alpha value is -3.89. The van der Waals surface area contributed by atoms with Crippen LogP contribution >= 0.6 is 0 Å². The van der Waals surface area contributed by atoms with Crippen molar-refractivity contribution in [1.29, 1.82) is 5.26 Å². The average molecular weight is 471 g/mol. The summed E-state index contributed by atoms with van der Waals surface area (Å²) < 4.78 is 10.7. The Morgan fingerprint density at radius 2 is 1.83 bits per heavy atom. The molecule has 0 spiro atoms. The summed E-state index contributed by atoms with van der Waals surface area (Å²) in [5, 5.41) is 9.15. The lowest BCUT2D eigenvalue weighted by Gasteiger charge is -2.35. The molecule has 7 heteroatoms. The molecule has 35 heavy (non-hydrogen) atoms. The van der Waals surface area contributed by atoms with Crippen LogP contribution in [0.15, 0.2) is 60.7 Å². The smallest absolute Gasteiger partial charge is 0.344 e. The Morgan fingerprint density at radius 3 is 2.51 bits per heavy atom. The number of hydrogen-bond donors (Lipinski definition) is 0. The predicted octanol–water partition coefficient (Wildman–Crippen LogP) is 4.19. The fourth-order valence-corrected chi connectivity index (χ4v) is 4.22. The highest BCUT2D eigenvalue weighted by atomic mass is 16.6. The number of hydrogen-bond acceptors (Lipinski definition) is 7. The first kappa shape index (κ1) is 24.2. The van der Waals surface area contributed by atoms with Gasteiger partial charge >= 0.3 is 5.97 Å². The second-order valence-corrected chi connectivity index (χ2v) is 8.50. The molecule has 0 amide bonds. The molecule has 0 N–H and O–H groups in total. The van der Waals surface area contributed by atoms with Crippen LogP contribution in [-0.2, 0) is 16.1 Å². The van der Waals surface area contributed by atoms with Crippen LogP contribution in [0.4, 0.5) is 5.82 Å². The maximum atomic E-state index is 11.7. The second kappa shape index (κ2) is 11.5. The van der Waals surface area contributed by atoms with Crippen LogP contribution in [-0.4, -0.2) is 55.2 Å². The van der Waals surface area contributed by atoms with E-state index in [-0.39, 0.29) is 12.6 Å². The van der Waals surface area contributed by atoms with Gasteiger partial charge in [0.15, 0.2) is 6.61 Å². The lowest BCUT2D eigenvalue weighted by molar-refractivity contribution is -0.145. The van der Waals surface area contributed by atoms with Crippen molar-refractivity contribution in [3.63, 3.8) is 0 Å². The number of nitriles is 1. The van der Waals surface area contributed by atoms with Crippen LogP contribution in [0.3, 0.4) is 0 Å². The first-order valence-corrected chi connectivity index (χ1v) is 11.9. The van der Waals surface area contributed by atoms with Gasteiger partial charge in [-0.25, -0.2) is 9.78 Å². The van der Waals surface area contributed by atoms with Crippen molar-refractivity contribution in [1.82, 2.24) is 9.88 Å². The van der Waals surface area contributed by atoms with Gasteiger partial charge in [0.2, 0.25) is 0 Å². The molecule has 1 fully saturated rings. The maximum absolute atomic E-state index is 11.7. The Kier molecular flexibility index (Phi) is 7.96. The molecule has 7 nitrogen and oxygen atoms in total. The summed E-state index contributed by atoms with van der Waals surface area (Å²) in [6.07, 6.45) is 0. The summed E-state index contributed by atoms with van der Waals surface area (Å²) >= 11 is 0. The molecule has 0 atom stereocenters. The zero-order valence-electron chi connectivity index (χ0n) is 20.2. The molecule has 4 rings (SSSR count). The third-order valence-electron chi connectivity index (χ3n) is 6.03. The number of anilines is 1. The van der Waals surface area contributed by atoms with E-state index in [4.69, 9.17) is 14.7 Å². The number of carbonyl (C=O) groups is 1. The van der Waals surface area contributed by atoms with Crippen LogP contribution in [0.1, 0.15) is 23.7 Å². The summed E-state index contributed by atoms with van der Waals surface area (Å²) in [6.45, 7) is 8.39. The number of carbonyl (C=O) groups excluding carboxylic acids is 1.